The number of hydrogen-bond donors (Lipinski definition) is 2. The zero-order valence-electron chi connectivity index (χ0n) is 7.58. The lowest BCUT2D eigenvalue weighted by Gasteiger charge is -2.08. The number of benzene rings is 1. The molecule has 1 aromatic carbocycles. The molecule has 3 N–H and O–H groups in total. The van der Waals surface area contributed by atoms with Crippen molar-refractivity contribution in [3.05, 3.63) is 22.7 Å². The van der Waals surface area contributed by atoms with Crippen molar-refractivity contribution in [1.29, 1.82) is 0 Å². The first-order valence-corrected chi connectivity index (χ1v) is 4.28. The summed E-state index contributed by atoms with van der Waals surface area (Å²) < 4.78 is 4.90. The fourth-order valence-corrected chi connectivity index (χ4v) is 1.41. The van der Waals surface area contributed by atoms with E-state index in [4.69, 9.17) is 22.1 Å². The fourth-order valence-electron chi connectivity index (χ4n) is 1.07. The minimum atomic E-state index is -0.425. The van der Waals surface area contributed by atoms with Crippen LogP contribution in [0.3, 0.4) is 0 Å². The second kappa shape index (κ2) is 4.30. The number of ketones is 1. The standard InChI is InChI=1S/C9H10ClNO3/c1-14-7-3-2-5(12)8(9(7)10)6(13)4-11/h2-3,12H,4,11H2,1H3. The Hall–Kier alpha value is -1.26. The van der Waals surface area contributed by atoms with Crippen molar-refractivity contribution in [3.63, 3.8) is 0 Å². The molecule has 0 saturated heterocycles. The molecule has 0 aliphatic rings. The third-order valence-electron chi connectivity index (χ3n) is 1.77. The van der Waals surface area contributed by atoms with Crippen LogP contribution in [0.2, 0.25) is 5.02 Å². The maximum Gasteiger partial charge on any atom is 0.181 e. The van der Waals surface area contributed by atoms with E-state index in [1.54, 1.807) is 0 Å². The molecule has 0 fully saturated rings. The van der Waals surface area contributed by atoms with Crippen LogP contribution in [-0.2, 0) is 0 Å². The molecule has 0 spiro atoms. The average Bonchev–Trinajstić information content (AvgIpc) is 2.18. The van der Waals surface area contributed by atoms with Crippen molar-refractivity contribution in [3.8, 4) is 11.5 Å². The van der Waals surface area contributed by atoms with Crippen molar-refractivity contribution in [2.45, 2.75) is 0 Å². The van der Waals surface area contributed by atoms with E-state index >= 15 is 0 Å². The number of Topliss-reactive ketones (excluding diaryl/α,β-unsaturated/α-hetero) is 1. The largest absolute Gasteiger partial charge is 0.507 e. The lowest BCUT2D eigenvalue weighted by Crippen LogP contribution is -2.14. The number of phenols is 1. The Morgan fingerprint density at radius 2 is 2.29 bits per heavy atom. The molecular weight excluding hydrogens is 206 g/mol. The SMILES string of the molecule is COc1ccc(O)c(C(=O)CN)c1Cl. The maximum atomic E-state index is 11.3. The van der Waals surface area contributed by atoms with Gasteiger partial charge in [-0.05, 0) is 12.1 Å². The highest BCUT2D eigenvalue weighted by molar-refractivity contribution is 6.35. The van der Waals surface area contributed by atoms with Crippen LogP contribution in [0.1, 0.15) is 10.4 Å². The van der Waals surface area contributed by atoms with E-state index < -0.39 is 5.78 Å². The van der Waals surface area contributed by atoms with Crippen molar-refractivity contribution < 1.29 is 14.6 Å². The molecule has 0 aromatic heterocycles. The highest BCUT2D eigenvalue weighted by Gasteiger charge is 2.17. The molecule has 14 heavy (non-hydrogen) atoms. The van der Waals surface area contributed by atoms with Gasteiger partial charge >= 0.3 is 0 Å². The summed E-state index contributed by atoms with van der Waals surface area (Å²) in [5.74, 6) is -0.279. The number of hydrogen-bond acceptors (Lipinski definition) is 4. The molecule has 0 amide bonds. The first-order chi connectivity index (χ1) is 6.61. The fraction of sp³-hybridized carbons (Fsp3) is 0.222. The average molecular weight is 216 g/mol. The van der Waals surface area contributed by atoms with Gasteiger partial charge in [0.25, 0.3) is 0 Å². The van der Waals surface area contributed by atoms with Crippen molar-refractivity contribution in [1.82, 2.24) is 0 Å². The minimum absolute atomic E-state index is 0.00789. The Kier molecular flexibility index (Phi) is 3.33. The monoisotopic (exact) mass is 215 g/mol. The van der Waals surface area contributed by atoms with Gasteiger partial charge in [0, 0.05) is 0 Å². The molecule has 0 atom stereocenters. The normalized spacial score (nSPS) is 9.93. The molecule has 4 nitrogen and oxygen atoms in total. The van der Waals surface area contributed by atoms with E-state index in [1.807, 2.05) is 0 Å². The predicted octanol–water partition coefficient (Wildman–Crippen LogP) is 1.20. The first-order valence-electron chi connectivity index (χ1n) is 3.90. The molecule has 1 rings (SSSR count). The number of phenolic OH excluding ortho intramolecular Hbond substituents is 1. The lowest BCUT2D eigenvalue weighted by molar-refractivity contribution is 0.0998. The summed E-state index contributed by atoms with van der Waals surface area (Å²) in [6.45, 7) is -0.208. The van der Waals surface area contributed by atoms with Crippen LogP contribution >= 0.6 is 11.6 Å². The second-order valence-corrected chi connectivity index (χ2v) is 2.98. The third-order valence-corrected chi connectivity index (χ3v) is 2.14. The smallest absolute Gasteiger partial charge is 0.181 e. The molecule has 0 bridgehead atoms. The van der Waals surface area contributed by atoms with Gasteiger partial charge < -0.3 is 15.6 Å². The van der Waals surface area contributed by atoms with Crippen molar-refractivity contribution in [2.24, 2.45) is 5.73 Å². The summed E-state index contributed by atoms with van der Waals surface area (Å²) >= 11 is 5.83. The van der Waals surface area contributed by atoms with Gasteiger partial charge in [0.2, 0.25) is 0 Å². The van der Waals surface area contributed by atoms with Crippen LogP contribution in [-0.4, -0.2) is 24.5 Å². The third kappa shape index (κ3) is 1.81. The Bertz CT molecular complexity index is 365. The second-order valence-electron chi connectivity index (χ2n) is 2.60. The number of nitrogens with two attached hydrogens (primary N) is 1. The van der Waals surface area contributed by atoms with Gasteiger partial charge in [-0.2, -0.15) is 0 Å². The summed E-state index contributed by atoms with van der Waals surface area (Å²) in [4.78, 5) is 11.3. The molecule has 0 unspecified atom stereocenters. The van der Waals surface area contributed by atoms with Crippen LogP contribution in [0.25, 0.3) is 0 Å². The van der Waals surface area contributed by atoms with Crippen molar-refractivity contribution in [2.75, 3.05) is 13.7 Å². The Morgan fingerprint density at radius 1 is 1.64 bits per heavy atom. The van der Waals surface area contributed by atoms with E-state index in [2.05, 4.69) is 0 Å². The Labute approximate surface area is 86.2 Å². The zero-order chi connectivity index (χ0) is 10.7. The summed E-state index contributed by atoms with van der Waals surface area (Å²) in [6, 6.07) is 2.82. The first kappa shape index (κ1) is 10.8. The van der Waals surface area contributed by atoms with Crippen molar-refractivity contribution >= 4 is 17.4 Å². The summed E-state index contributed by atoms with van der Waals surface area (Å²) in [7, 11) is 1.43. The number of rotatable bonds is 3. The van der Waals surface area contributed by atoms with E-state index in [-0.39, 0.29) is 22.9 Å². The summed E-state index contributed by atoms with van der Waals surface area (Å²) in [5, 5.41) is 9.48. The molecule has 0 heterocycles. The lowest BCUT2D eigenvalue weighted by atomic mass is 10.1. The molecule has 0 aliphatic carbocycles. The number of aromatic hydroxyl groups is 1. The minimum Gasteiger partial charge on any atom is -0.507 e. The number of methoxy groups -OCH3 is 1. The number of carbonyl (C=O) groups is 1. The molecule has 0 saturated carbocycles. The van der Waals surface area contributed by atoms with Gasteiger partial charge in [0.15, 0.2) is 5.78 Å². The van der Waals surface area contributed by atoms with E-state index in [1.165, 1.54) is 19.2 Å². The number of carbonyl (C=O) groups excluding carboxylic acids is 1. The summed E-state index contributed by atoms with van der Waals surface area (Å²) in [5.41, 5.74) is 5.18. The molecule has 1 aromatic rings. The topological polar surface area (TPSA) is 72.5 Å². The van der Waals surface area contributed by atoms with Crippen LogP contribution in [0, 0.1) is 0 Å². The van der Waals surface area contributed by atoms with Gasteiger partial charge in [-0.25, -0.2) is 0 Å². The van der Waals surface area contributed by atoms with Crippen LogP contribution in [0.5, 0.6) is 11.5 Å². The predicted molar refractivity (Wildman–Crippen MR) is 53.1 cm³/mol. The van der Waals surface area contributed by atoms with Crippen LogP contribution in [0.15, 0.2) is 12.1 Å². The van der Waals surface area contributed by atoms with Gasteiger partial charge in [-0.3, -0.25) is 4.79 Å². The quantitative estimate of drug-likeness (QED) is 0.743. The molecule has 5 heteroatoms. The van der Waals surface area contributed by atoms with Gasteiger partial charge in [-0.15, -0.1) is 0 Å². The zero-order valence-corrected chi connectivity index (χ0v) is 8.34. The van der Waals surface area contributed by atoms with Crippen LogP contribution < -0.4 is 10.5 Å². The van der Waals surface area contributed by atoms with E-state index in [0.29, 0.717) is 5.75 Å². The Balaban J connectivity index is 3.32. The Morgan fingerprint density at radius 3 is 2.79 bits per heavy atom. The van der Waals surface area contributed by atoms with Gasteiger partial charge in [0.05, 0.1) is 24.2 Å². The van der Waals surface area contributed by atoms with Gasteiger partial charge in [0.1, 0.15) is 11.5 Å². The maximum absolute atomic E-state index is 11.3. The van der Waals surface area contributed by atoms with E-state index in [9.17, 15) is 9.90 Å². The molecule has 76 valence electrons. The highest BCUT2D eigenvalue weighted by Crippen LogP contribution is 2.34. The molecular formula is C9H10ClNO3. The highest BCUT2D eigenvalue weighted by atomic mass is 35.5. The molecule has 0 aliphatic heterocycles. The number of ether oxygens (including phenoxy) is 1. The van der Waals surface area contributed by atoms with Gasteiger partial charge in [-0.1, -0.05) is 11.6 Å². The molecule has 0 radical (unpaired) electrons. The van der Waals surface area contributed by atoms with Crippen LogP contribution in [0.4, 0.5) is 0 Å². The number of halogens is 1. The van der Waals surface area contributed by atoms with E-state index in [0.717, 1.165) is 0 Å². The summed E-state index contributed by atoms with van der Waals surface area (Å²) in [6.07, 6.45) is 0.